The van der Waals surface area contributed by atoms with Gasteiger partial charge in [-0.15, -0.1) is 0 Å². The van der Waals surface area contributed by atoms with E-state index in [0.717, 1.165) is 38.3 Å². The van der Waals surface area contributed by atoms with Gasteiger partial charge in [0.1, 0.15) is 0 Å². The fraction of sp³-hybridized carbons (Fsp3) is 0.600. The number of carbonyl (C=O) groups is 1. The SMILES string of the molecule is CCOC(=S)SCC(=O)N1CCn2c3c(c4cc(C5CCCCC5)ccc42)CCC[C@@H]31. The standard InChI is InChI=1S/C25H32N2O2S2/c1-2-29-25(30)31-16-23(28)26-13-14-27-21-12-11-18(17-7-4-3-5-8-17)15-20(21)19-9-6-10-22(26)24(19)27/h11-12,15,17,22H,2-10,13-14,16H2,1H3/t22-/m0/s1. The molecule has 1 aliphatic heterocycles. The molecule has 0 spiro atoms. The molecule has 1 fully saturated rings. The summed E-state index contributed by atoms with van der Waals surface area (Å²) in [6, 6.07) is 7.45. The highest BCUT2D eigenvalue weighted by molar-refractivity contribution is 8.23. The Bertz CT molecular complexity index is 993. The zero-order chi connectivity index (χ0) is 21.4. The van der Waals surface area contributed by atoms with E-state index >= 15 is 0 Å². The first-order valence-electron chi connectivity index (χ1n) is 11.9. The Morgan fingerprint density at radius 3 is 2.81 bits per heavy atom. The third-order valence-electron chi connectivity index (χ3n) is 7.37. The number of hydrogen-bond acceptors (Lipinski definition) is 4. The predicted octanol–water partition coefficient (Wildman–Crippen LogP) is 5.96. The molecule has 0 unspecified atom stereocenters. The van der Waals surface area contributed by atoms with E-state index in [1.54, 1.807) is 0 Å². The van der Waals surface area contributed by atoms with E-state index in [-0.39, 0.29) is 11.9 Å². The van der Waals surface area contributed by atoms with Gasteiger partial charge in [-0.1, -0.05) is 37.1 Å². The van der Waals surface area contributed by atoms with E-state index in [1.165, 1.54) is 71.6 Å². The lowest BCUT2D eigenvalue weighted by atomic mass is 9.83. The van der Waals surface area contributed by atoms with Crippen molar-refractivity contribution in [3.63, 3.8) is 0 Å². The Labute approximate surface area is 194 Å². The maximum absolute atomic E-state index is 13.1. The summed E-state index contributed by atoms with van der Waals surface area (Å²) in [7, 11) is 0. The summed E-state index contributed by atoms with van der Waals surface area (Å²) in [6.07, 6.45) is 10.1. The largest absolute Gasteiger partial charge is 0.479 e. The highest BCUT2D eigenvalue weighted by Gasteiger charge is 2.37. The molecular weight excluding hydrogens is 424 g/mol. The van der Waals surface area contributed by atoms with Gasteiger partial charge >= 0.3 is 0 Å². The summed E-state index contributed by atoms with van der Waals surface area (Å²) in [4.78, 5) is 15.2. The molecule has 1 atom stereocenters. The zero-order valence-corrected chi connectivity index (χ0v) is 20.0. The van der Waals surface area contributed by atoms with Crippen LogP contribution >= 0.6 is 24.0 Å². The van der Waals surface area contributed by atoms with Gasteiger partial charge in [-0.25, -0.2) is 0 Å². The second-order valence-electron chi connectivity index (χ2n) is 9.09. The summed E-state index contributed by atoms with van der Waals surface area (Å²) in [5, 5.41) is 1.45. The Morgan fingerprint density at radius 1 is 1.16 bits per heavy atom. The molecule has 1 amide bonds. The van der Waals surface area contributed by atoms with Gasteiger partial charge in [0.05, 0.1) is 18.4 Å². The van der Waals surface area contributed by atoms with E-state index in [2.05, 4.69) is 27.7 Å². The number of benzene rings is 1. The molecule has 3 aliphatic rings. The highest BCUT2D eigenvalue weighted by Crippen LogP contribution is 2.44. The maximum Gasteiger partial charge on any atom is 0.233 e. The van der Waals surface area contributed by atoms with Gasteiger partial charge < -0.3 is 14.2 Å². The van der Waals surface area contributed by atoms with Crippen LogP contribution in [0.2, 0.25) is 0 Å². The van der Waals surface area contributed by atoms with Crippen LogP contribution in [0.15, 0.2) is 18.2 Å². The number of amides is 1. The van der Waals surface area contributed by atoms with Crippen molar-refractivity contribution in [2.24, 2.45) is 0 Å². The summed E-state index contributed by atoms with van der Waals surface area (Å²) in [5.41, 5.74) is 5.80. The number of ether oxygens (including phenoxy) is 1. The molecular formula is C25H32N2O2S2. The lowest BCUT2D eigenvalue weighted by Gasteiger charge is -2.40. The first-order chi connectivity index (χ1) is 15.2. The van der Waals surface area contributed by atoms with Crippen LogP contribution in [0.25, 0.3) is 10.9 Å². The fourth-order valence-corrected chi connectivity index (χ4v) is 6.88. The number of carbonyl (C=O) groups excluding carboxylic acids is 1. The lowest BCUT2D eigenvalue weighted by Crippen LogP contribution is -2.44. The van der Waals surface area contributed by atoms with Crippen LogP contribution in [-0.4, -0.2) is 38.7 Å². The lowest BCUT2D eigenvalue weighted by molar-refractivity contribution is -0.132. The van der Waals surface area contributed by atoms with Crippen molar-refractivity contribution in [2.75, 3.05) is 18.9 Å². The van der Waals surface area contributed by atoms with Crippen LogP contribution in [0.5, 0.6) is 0 Å². The first kappa shape index (κ1) is 21.3. The van der Waals surface area contributed by atoms with Crippen LogP contribution < -0.4 is 0 Å². The number of fused-ring (bicyclic) bond motifs is 3. The third-order valence-corrected chi connectivity index (χ3v) is 8.59. The van der Waals surface area contributed by atoms with Crippen LogP contribution in [0.3, 0.4) is 0 Å². The van der Waals surface area contributed by atoms with Gasteiger partial charge in [0.2, 0.25) is 10.3 Å². The van der Waals surface area contributed by atoms with Gasteiger partial charge in [0, 0.05) is 29.7 Å². The Hall–Kier alpha value is -1.53. The minimum Gasteiger partial charge on any atom is -0.479 e. The van der Waals surface area contributed by atoms with Crippen LogP contribution in [0.4, 0.5) is 0 Å². The fourth-order valence-electron chi connectivity index (χ4n) is 5.97. The predicted molar refractivity (Wildman–Crippen MR) is 132 cm³/mol. The number of thioether (sulfide) groups is 1. The van der Waals surface area contributed by atoms with E-state index < -0.39 is 0 Å². The van der Waals surface area contributed by atoms with Gasteiger partial charge in [0.15, 0.2) is 0 Å². The minimum absolute atomic E-state index is 0.185. The first-order valence-corrected chi connectivity index (χ1v) is 13.3. The molecule has 4 nitrogen and oxygen atoms in total. The number of thiocarbonyl (C=S) groups is 1. The molecule has 1 aromatic carbocycles. The molecule has 2 aliphatic carbocycles. The topological polar surface area (TPSA) is 34.5 Å². The molecule has 2 aromatic rings. The number of hydrogen-bond donors (Lipinski definition) is 0. The van der Waals surface area contributed by atoms with Crippen LogP contribution in [0, 0.1) is 0 Å². The Morgan fingerprint density at radius 2 is 2.00 bits per heavy atom. The van der Waals surface area contributed by atoms with Crippen molar-refractivity contribution in [2.45, 2.75) is 76.8 Å². The zero-order valence-electron chi connectivity index (χ0n) is 18.4. The van der Waals surface area contributed by atoms with E-state index in [1.807, 2.05) is 6.92 Å². The smallest absolute Gasteiger partial charge is 0.233 e. The molecule has 0 bridgehead atoms. The molecule has 2 heterocycles. The van der Waals surface area contributed by atoms with Crippen molar-refractivity contribution in [3.05, 3.63) is 35.0 Å². The number of rotatable bonds is 4. The van der Waals surface area contributed by atoms with Gasteiger partial charge in [-0.2, -0.15) is 0 Å². The second kappa shape index (κ2) is 9.14. The van der Waals surface area contributed by atoms with Gasteiger partial charge in [0.25, 0.3) is 0 Å². The van der Waals surface area contributed by atoms with Crippen molar-refractivity contribution in [1.29, 1.82) is 0 Å². The molecule has 31 heavy (non-hydrogen) atoms. The molecule has 5 rings (SSSR count). The van der Waals surface area contributed by atoms with Crippen LogP contribution in [0.1, 0.15) is 80.7 Å². The van der Waals surface area contributed by atoms with Crippen molar-refractivity contribution >= 4 is 45.2 Å². The molecule has 0 saturated heterocycles. The summed E-state index contributed by atoms with van der Waals surface area (Å²) >= 11 is 6.55. The van der Waals surface area contributed by atoms with Gasteiger partial charge in [-0.3, -0.25) is 4.79 Å². The summed E-state index contributed by atoms with van der Waals surface area (Å²) in [6.45, 7) is 4.14. The summed E-state index contributed by atoms with van der Waals surface area (Å²) in [5.74, 6) is 1.28. The van der Waals surface area contributed by atoms with Crippen LogP contribution in [-0.2, 0) is 22.5 Å². The van der Waals surface area contributed by atoms with Gasteiger partial charge in [-0.05, 0) is 80.4 Å². The van der Waals surface area contributed by atoms with Crippen molar-refractivity contribution in [1.82, 2.24) is 9.47 Å². The number of aryl methyl sites for hydroxylation is 1. The van der Waals surface area contributed by atoms with E-state index in [4.69, 9.17) is 17.0 Å². The molecule has 1 saturated carbocycles. The van der Waals surface area contributed by atoms with Crippen molar-refractivity contribution in [3.8, 4) is 0 Å². The Balaban J connectivity index is 1.43. The number of aromatic nitrogens is 1. The van der Waals surface area contributed by atoms with E-state index in [9.17, 15) is 4.79 Å². The second-order valence-corrected chi connectivity index (χ2v) is 10.7. The number of nitrogens with zero attached hydrogens (tertiary/aromatic N) is 2. The maximum atomic E-state index is 13.1. The average molecular weight is 457 g/mol. The normalized spacial score (nSPS) is 21.2. The average Bonchev–Trinajstić information content (AvgIpc) is 3.13. The molecule has 1 aromatic heterocycles. The minimum atomic E-state index is 0.185. The molecule has 0 N–H and O–H groups in total. The summed E-state index contributed by atoms with van der Waals surface area (Å²) < 4.78 is 8.33. The highest BCUT2D eigenvalue weighted by atomic mass is 32.2. The van der Waals surface area contributed by atoms with E-state index in [0.29, 0.717) is 16.7 Å². The monoisotopic (exact) mass is 456 g/mol. The third kappa shape index (κ3) is 4.02. The Kier molecular flexibility index (Phi) is 6.29. The molecule has 166 valence electrons. The molecule has 6 heteroatoms. The molecule has 0 radical (unpaired) electrons. The van der Waals surface area contributed by atoms with Crippen molar-refractivity contribution < 1.29 is 9.53 Å². The quantitative estimate of drug-likeness (QED) is 0.532.